The molecule has 0 spiro atoms. The maximum atomic E-state index is 14.1. The van der Waals surface area contributed by atoms with Crippen LogP contribution in [0, 0.1) is 25.5 Å². The van der Waals surface area contributed by atoms with Crippen molar-refractivity contribution < 1.29 is 18.3 Å². The number of benzene rings is 2. The SMILES string of the molecule is COCCN1CC(NC(=O)Nc2c(C)c(-c3cc(C)n(C)n3)nn2-c2ccccc2)C(c2ccc(F)c(F)c2)C1. The van der Waals surface area contributed by atoms with Crippen LogP contribution in [0.4, 0.5) is 19.4 Å². The number of hydrogen-bond donors (Lipinski definition) is 2. The molecule has 1 saturated heterocycles. The second-order valence-corrected chi connectivity index (χ2v) is 10.1. The van der Waals surface area contributed by atoms with E-state index in [1.54, 1.807) is 22.5 Å². The summed E-state index contributed by atoms with van der Waals surface area (Å²) in [5.74, 6) is -1.52. The van der Waals surface area contributed by atoms with Crippen LogP contribution in [0.2, 0.25) is 0 Å². The molecule has 4 aromatic rings. The molecule has 210 valence electrons. The number of nitrogens with one attached hydrogen (secondary N) is 2. The molecule has 2 unspecified atom stereocenters. The van der Waals surface area contributed by atoms with E-state index in [1.165, 1.54) is 6.07 Å². The Bertz CT molecular complexity index is 1480. The van der Waals surface area contributed by atoms with E-state index in [1.807, 2.05) is 57.3 Å². The molecule has 2 atom stereocenters. The highest BCUT2D eigenvalue weighted by Crippen LogP contribution is 2.31. The number of hydrogen-bond acceptors (Lipinski definition) is 5. The Morgan fingerprint density at radius 2 is 1.82 bits per heavy atom. The van der Waals surface area contributed by atoms with E-state index in [4.69, 9.17) is 9.84 Å². The summed E-state index contributed by atoms with van der Waals surface area (Å²) in [5, 5.41) is 15.5. The van der Waals surface area contributed by atoms with Crippen LogP contribution >= 0.6 is 0 Å². The van der Waals surface area contributed by atoms with E-state index in [9.17, 15) is 13.6 Å². The van der Waals surface area contributed by atoms with Crippen molar-refractivity contribution in [3.63, 3.8) is 0 Å². The highest BCUT2D eigenvalue weighted by atomic mass is 19.2. The number of likely N-dealkylation sites (tertiary alicyclic amines) is 1. The molecule has 5 rings (SSSR count). The van der Waals surface area contributed by atoms with Crippen molar-refractivity contribution in [2.24, 2.45) is 7.05 Å². The molecule has 2 amide bonds. The number of anilines is 1. The van der Waals surface area contributed by atoms with Gasteiger partial charge < -0.3 is 10.1 Å². The molecule has 2 N–H and O–H groups in total. The van der Waals surface area contributed by atoms with Gasteiger partial charge in [0.15, 0.2) is 11.6 Å². The summed E-state index contributed by atoms with van der Waals surface area (Å²) in [6.07, 6.45) is 0. The van der Waals surface area contributed by atoms with Crippen LogP contribution < -0.4 is 10.6 Å². The first kappa shape index (κ1) is 27.5. The fraction of sp³-hybridized carbons (Fsp3) is 0.345. The Kier molecular flexibility index (Phi) is 7.95. The Morgan fingerprint density at radius 3 is 2.50 bits per heavy atom. The minimum atomic E-state index is -0.907. The van der Waals surface area contributed by atoms with Gasteiger partial charge in [0.25, 0.3) is 0 Å². The zero-order valence-corrected chi connectivity index (χ0v) is 23.0. The summed E-state index contributed by atoms with van der Waals surface area (Å²) in [5.41, 5.74) is 4.53. The minimum Gasteiger partial charge on any atom is -0.383 e. The number of aromatic nitrogens is 4. The standard InChI is InChI=1S/C29H33F2N7O2/c1-18-14-25(34-36(18)3)27-19(2)28(38(35-27)21-8-6-5-7-9-21)33-29(39)32-26-17-37(12-13-40-4)16-22(26)20-10-11-23(30)24(31)15-20/h5-11,14-15,22,26H,12-13,16-17H2,1-4H3,(H2,32,33,39). The molecule has 0 saturated carbocycles. The van der Waals surface area contributed by atoms with Gasteiger partial charge in [0.1, 0.15) is 17.2 Å². The highest BCUT2D eigenvalue weighted by Gasteiger charge is 2.35. The lowest BCUT2D eigenvalue weighted by Crippen LogP contribution is -2.42. The maximum absolute atomic E-state index is 14.1. The van der Waals surface area contributed by atoms with Gasteiger partial charge in [-0.2, -0.15) is 10.2 Å². The predicted octanol–water partition coefficient (Wildman–Crippen LogP) is 4.40. The Labute approximate surface area is 231 Å². The first-order valence-corrected chi connectivity index (χ1v) is 13.1. The lowest BCUT2D eigenvalue weighted by Gasteiger charge is -2.21. The van der Waals surface area contributed by atoms with Gasteiger partial charge in [0.2, 0.25) is 0 Å². The minimum absolute atomic E-state index is 0.232. The van der Waals surface area contributed by atoms with Crippen LogP contribution in [-0.2, 0) is 11.8 Å². The van der Waals surface area contributed by atoms with Crippen LogP contribution in [0.25, 0.3) is 17.1 Å². The first-order valence-electron chi connectivity index (χ1n) is 13.1. The average molecular weight is 550 g/mol. The van der Waals surface area contributed by atoms with Gasteiger partial charge in [-0.25, -0.2) is 18.3 Å². The summed E-state index contributed by atoms with van der Waals surface area (Å²) in [7, 11) is 3.50. The normalized spacial score (nSPS) is 17.4. The topological polar surface area (TPSA) is 89.2 Å². The fourth-order valence-corrected chi connectivity index (χ4v) is 5.15. The number of nitrogens with zero attached hydrogens (tertiary/aromatic N) is 5. The van der Waals surface area contributed by atoms with E-state index in [0.717, 1.165) is 23.0 Å². The zero-order valence-electron chi connectivity index (χ0n) is 23.0. The van der Waals surface area contributed by atoms with Crippen LogP contribution in [-0.4, -0.2) is 69.9 Å². The number of rotatable bonds is 8. The van der Waals surface area contributed by atoms with Gasteiger partial charge in [-0.05, 0) is 49.7 Å². The summed E-state index contributed by atoms with van der Waals surface area (Å²) in [6.45, 7) is 6.15. The maximum Gasteiger partial charge on any atom is 0.320 e. The Morgan fingerprint density at radius 1 is 1.05 bits per heavy atom. The molecular weight excluding hydrogens is 516 g/mol. The summed E-state index contributed by atoms with van der Waals surface area (Å²) in [6, 6.07) is 14.6. The number of halogens is 2. The molecule has 9 nitrogen and oxygen atoms in total. The molecule has 2 aromatic heterocycles. The third-order valence-corrected chi connectivity index (χ3v) is 7.41. The van der Waals surface area contributed by atoms with E-state index in [0.29, 0.717) is 49.0 Å². The zero-order chi connectivity index (χ0) is 28.4. The van der Waals surface area contributed by atoms with E-state index < -0.39 is 17.7 Å². The van der Waals surface area contributed by atoms with Crippen LogP contribution in [0.3, 0.4) is 0 Å². The van der Waals surface area contributed by atoms with Crippen LogP contribution in [0.15, 0.2) is 54.6 Å². The molecule has 0 radical (unpaired) electrons. The molecule has 1 fully saturated rings. The van der Waals surface area contributed by atoms with E-state index in [2.05, 4.69) is 20.6 Å². The number of amides is 2. The van der Waals surface area contributed by atoms with Crippen molar-refractivity contribution in [1.29, 1.82) is 0 Å². The summed E-state index contributed by atoms with van der Waals surface area (Å²) in [4.78, 5) is 15.6. The number of aryl methyl sites for hydroxylation is 2. The van der Waals surface area contributed by atoms with Crippen molar-refractivity contribution in [2.75, 3.05) is 38.7 Å². The Hall–Kier alpha value is -4.09. The fourth-order valence-electron chi connectivity index (χ4n) is 5.15. The third-order valence-electron chi connectivity index (χ3n) is 7.41. The molecular formula is C29H33F2N7O2. The van der Waals surface area contributed by atoms with E-state index in [-0.39, 0.29) is 12.0 Å². The van der Waals surface area contributed by atoms with Crippen molar-refractivity contribution in [1.82, 2.24) is 29.8 Å². The van der Waals surface area contributed by atoms with Gasteiger partial charge in [-0.1, -0.05) is 24.3 Å². The van der Waals surface area contributed by atoms with Crippen molar-refractivity contribution in [2.45, 2.75) is 25.8 Å². The van der Waals surface area contributed by atoms with Crippen LogP contribution in [0.5, 0.6) is 0 Å². The molecule has 0 bridgehead atoms. The Balaban J connectivity index is 1.43. The second kappa shape index (κ2) is 11.6. The predicted molar refractivity (Wildman–Crippen MR) is 149 cm³/mol. The molecule has 3 heterocycles. The molecule has 40 heavy (non-hydrogen) atoms. The van der Waals surface area contributed by atoms with Gasteiger partial charge in [-0.15, -0.1) is 0 Å². The first-order chi connectivity index (χ1) is 19.2. The number of methoxy groups -OCH3 is 1. The number of para-hydroxylation sites is 1. The van der Waals surface area contributed by atoms with Crippen molar-refractivity contribution in [3.05, 3.63) is 83.1 Å². The molecule has 11 heteroatoms. The average Bonchev–Trinajstić information content (AvgIpc) is 3.60. The third kappa shape index (κ3) is 5.61. The second-order valence-electron chi connectivity index (χ2n) is 10.1. The summed E-state index contributed by atoms with van der Waals surface area (Å²) < 4.78 is 36.5. The number of carbonyl (C=O) groups is 1. The molecule has 2 aromatic carbocycles. The molecule has 1 aliphatic rings. The van der Waals surface area contributed by atoms with Crippen molar-refractivity contribution in [3.8, 4) is 17.1 Å². The quantitative estimate of drug-likeness (QED) is 0.340. The monoisotopic (exact) mass is 549 g/mol. The lowest BCUT2D eigenvalue weighted by atomic mass is 9.94. The molecule has 0 aliphatic carbocycles. The van der Waals surface area contributed by atoms with Gasteiger partial charge in [0.05, 0.1) is 18.3 Å². The summed E-state index contributed by atoms with van der Waals surface area (Å²) >= 11 is 0. The largest absolute Gasteiger partial charge is 0.383 e. The lowest BCUT2D eigenvalue weighted by molar-refractivity contribution is 0.159. The number of ether oxygens (including phenoxy) is 1. The van der Waals surface area contributed by atoms with E-state index >= 15 is 0 Å². The van der Waals surface area contributed by atoms with Crippen molar-refractivity contribution >= 4 is 11.8 Å². The van der Waals surface area contributed by atoms with Gasteiger partial charge >= 0.3 is 6.03 Å². The smallest absolute Gasteiger partial charge is 0.320 e. The number of carbonyl (C=O) groups excluding carboxylic acids is 1. The van der Waals surface area contributed by atoms with Gasteiger partial charge in [0, 0.05) is 51.0 Å². The molecule has 1 aliphatic heterocycles. The van der Waals surface area contributed by atoms with Crippen LogP contribution in [0.1, 0.15) is 22.7 Å². The van der Waals surface area contributed by atoms with Gasteiger partial charge in [-0.3, -0.25) is 14.9 Å². The number of urea groups is 1. The highest BCUT2D eigenvalue weighted by molar-refractivity contribution is 5.91.